The standard InChI is InChI=1S/C28H33ClF2N4O4S/c1-28(2,3)39-27(36)35-40(4,37)17-19-12-18(13-21(32)14-19)8-6-5-7-11-38-24-15-20(30)9-10-22(24)25-23(31)16-33-26(29)34-25/h9-10,12-16H,5-8,11,17,32H2,1-4H3. The SMILES string of the molecule is CC(C)(C)OC(=O)N=S(C)(=O)Cc1cc(N)cc(CCCCCOc2cc(F)ccc2-c2nc(Cl)ncc2F)c1. The first-order valence-electron chi connectivity index (χ1n) is 12.6. The van der Waals surface area contributed by atoms with E-state index in [1.54, 1.807) is 26.8 Å². The number of nitrogen functional groups attached to an aromatic ring is 1. The van der Waals surface area contributed by atoms with Crippen LogP contribution in [0.5, 0.6) is 5.75 Å². The Morgan fingerprint density at radius 3 is 2.55 bits per heavy atom. The summed E-state index contributed by atoms with van der Waals surface area (Å²) in [7, 11) is -2.87. The third-order valence-corrected chi connectivity index (χ3v) is 7.04. The number of carbonyl (C=O) groups is 1. The average Bonchev–Trinajstić information content (AvgIpc) is 2.80. The number of rotatable bonds is 10. The van der Waals surface area contributed by atoms with E-state index in [2.05, 4.69) is 14.3 Å². The average molecular weight is 595 g/mol. The van der Waals surface area contributed by atoms with Gasteiger partial charge in [0.25, 0.3) is 0 Å². The molecule has 3 aromatic rings. The summed E-state index contributed by atoms with van der Waals surface area (Å²) < 4.78 is 55.7. The minimum atomic E-state index is -2.87. The molecule has 0 radical (unpaired) electrons. The smallest absolute Gasteiger partial charge is 0.442 e. The van der Waals surface area contributed by atoms with Crippen LogP contribution in [0.4, 0.5) is 19.3 Å². The molecule has 0 aliphatic heterocycles. The molecule has 0 fully saturated rings. The first kappa shape index (κ1) is 31.2. The molecule has 0 spiro atoms. The third-order valence-electron chi connectivity index (χ3n) is 5.45. The van der Waals surface area contributed by atoms with Gasteiger partial charge < -0.3 is 15.2 Å². The van der Waals surface area contributed by atoms with Crippen LogP contribution in [-0.2, 0) is 26.6 Å². The van der Waals surface area contributed by atoms with Gasteiger partial charge in [0.15, 0.2) is 5.82 Å². The van der Waals surface area contributed by atoms with Gasteiger partial charge in [-0.15, -0.1) is 4.36 Å². The van der Waals surface area contributed by atoms with Crippen LogP contribution in [0.25, 0.3) is 11.3 Å². The van der Waals surface area contributed by atoms with Crippen molar-refractivity contribution >= 4 is 33.1 Å². The normalized spacial score (nSPS) is 13.0. The van der Waals surface area contributed by atoms with E-state index in [-0.39, 0.29) is 34.7 Å². The Balaban J connectivity index is 1.55. The number of nitrogens with zero attached hydrogens (tertiary/aromatic N) is 3. The van der Waals surface area contributed by atoms with E-state index in [0.29, 0.717) is 24.1 Å². The molecule has 0 aliphatic rings. The van der Waals surface area contributed by atoms with Gasteiger partial charge in [-0.05, 0) is 93.4 Å². The molecule has 1 aromatic heterocycles. The van der Waals surface area contributed by atoms with E-state index in [1.165, 1.54) is 24.5 Å². The molecular formula is C28H33ClF2N4O4S. The lowest BCUT2D eigenvalue weighted by molar-refractivity contribution is 0.0607. The van der Waals surface area contributed by atoms with E-state index < -0.39 is 33.1 Å². The number of hydrogen-bond donors (Lipinski definition) is 1. The van der Waals surface area contributed by atoms with Crippen molar-refractivity contribution in [2.75, 3.05) is 18.6 Å². The molecule has 1 heterocycles. The number of carbonyl (C=O) groups excluding carboxylic acids is 1. The second-order valence-electron chi connectivity index (χ2n) is 10.4. The molecule has 3 rings (SSSR count). The van der Waals surface area contributed by atoms with Gasteiger partial charge in [0.05, 0.1) is 28.3 Å². The molecule has 0 aliphatic carbocycles. The van der Waals surface area contributed by atoms with Crippen molar-refractivity contribution in [2.45, 2.75) is 57.8 Å². The van der Waals surface area contributed by atoms with Crippen molar-refractivity contribution < 1.29 is 27.3 Å². The minimum absolute atomic E-state index is 0.0617. The molecule has 0 bridgehead atoms. The second-order valence-corrected chi connectivity index (χ2v) is 13.1. The quantitative estimate of drug-likeness (QED) is 0.153. The molecular weight excluding hydrogens is 562 g/mol. The lowest BCUT2D eigenvalue weighted by Crippen LogP contribution is -2.22. The summed E-state index contributed by atoms with van der Waals surface area (Å²) in [5.41, 5.74) is 7.76. The van der Waals surface area contributed by atoms with Crippen LogP contribution in [0, 0.1) is 11.6 Å². The molecule has 1 amide bonds. The van der Waals surface area contributed by atoms with Gasteiger partial charge in [0.2, 0.25) is 5.28 Å². The molecule has 2 aromatic carbocycles. The van der Waals surface area contributed by atoms with Crippen LogP contribution >= 0.6 is 11.6 Å². The molecule has 1 atom stereocenters. The van der Waals surface area contributed by atoms with Gasteiger partial charge in [0, 0.05) is 23.6 Å². The van der Waals surface area contributed by atoms with Crippen LogP contribution in [0.2, 0.25) is 5.28 Å². The number of nitrogens with two attached hydrogens (primary N) is 1. The van der Waals surface area contributed by atoms with Gasteiger partial charge in [-0.1, -0.05) is 6.07 Å². The lowest BCUT2D eigenvalue weighted by Gasteiger charge is -2.17. The van der Waals surface area contributed by atoms with Crippen molar-refractivity contribution in [2.24, 2.45) is 4.36 Å². The van der Waals surface area contributed by atoms with Crippen molar-refractivity contribution in [3.8, 4) is 17.0 Å². The van der Waals surface area contributed by atoms with Crippen molar-refractivity contribution in [3.63, 3.8) is 0 Å². The molecule has 216 valence electrons. The van der Waals surface area contributed by atoms with E-state index in [0.717, 1.165) is 24.6 Å². The maximum atomic E-state index is 14.3. The Labute approximate surface area is 238 Å². The number of hydrogen-bond acceptors (Lipinski definition) is 7. The number of halogens is 3. The summed E-state index contributed by atoms with van der Waals surface area (Å²) in [4.78, 5) is 19.5. The fourth-order valence-electron chi connectivity index (χ4n) is 3.93. The Hall–Kier alpha value is -3.31. The zero-order valence-electron chi connectivity index (χ0n) is 22.9. The maximum absolute atomic E-state index is 14.3. The molecule has 40 heavy (non-hydrogen) atoms. The monoisotopic (exact) mass is 594 g/mol. The first-order valence-corrected chi connectivity index (χ1v) is 15.1. The summed E-state index contributed by atoms with van der Waals surface area (Å²) in [6.07, 6.45) is 4.48. The Morgan fingerprint density at radius 1 is 1.10 bits per heavy atom. The highest BCUT2D eigenvalue weighted by Crippen LogP contribution is 2.32. The fraction of sp³-hybridized carbons (Fsp3) is 0.393. The molecule has 12 heteroatoms. The van der Waals surface area contributed by atoms with E-state index >= 15 is 0 Å². The maximum Gasteiger partial charge on any atom is 0.442 e. The zero-order valence-corrected chi connectivity index (χ0v) is 24.5. The number of unbranched alkanes of at least 4 members (excludes halogenated alkanes) is 2. The van der Waals surface area contributed by atoms with Gasteiger partial charge in [-0.2, -0.15) is 0 Å². The molecule has 0 saturated carbocycles. The molecule has 2 N–H and O–H groups in total. The molecule has 0 saturated heterocycles. The summed E-state index contributed by atoms with van der Waals surface area (Å²) in [6.45, 7) is 5.42. The number of aryl methyl sites for hydroxylation is 1. The zero-order chi connectivity index (χ0) is 29.5. The summed E-state index contributed by atoms with van der Waals surface area (Å²) in [5.74, 6) is -0.993. The molecule has 8 nitrogen and oxygen atoms in total. The van der Waals surface area contributed by atoms with Gasteiger partial charge in [-0.3, -0.25) is 0 Å². The van der Waals surface area contributed by atoms with E-state index in [1.807, 2.05) is 12.1 Å². The Kier molecular flexibility index (Phi) is 10.4. The topological polar surface area (TPSA) is 117 Å². The summed E-state index contributed by atoms with van der Waals surface area (Å²) in [6, 6.07) is 9.23. The van der Waals surface area contributed by atoms with Crippen LogP contribution < -0.4 is 10.5 Å². The lowest BCUT2D eigenvalue weighted by atomic mass is 10.0. The van der Waals surface area contributed by atoms with Crippen LogP contribution in [0.3, 0.4) is 0 Å². The minimum Gasteiger partial charge on any atom is -0.493 e. The summed E-state index contributed by atoms with van der Waals surface area (Å²) in [5, 5.41) is -0.130. The number of anilines is 1. The van der Waals surface area contributed by atoms with Crippen molar-refractivity contribution in [1.29, 1.82) is 0 Å². The van der Waals surface area contributed by atoms with Gasteiger partial charge in [0.1, 0.15) is 22.9 Å². The highest BCUT2D eigenvalue weighted by Gasteiger charge is 2.18. The van der Waals surface area contributed by atoms with Crippen LogP contribution in [0.1, 0.15) is 51.2 Å². The third kappa shape index (κ3) is 10.0. The van der Waals surface area contributed by atoms with E-state index in [9.17, 15) is 17.8 Å². The summed E-state index contributed by atoms with van der Waals surface area (Å²) >= 11 is 5.80. The number of aromatic nitrogens is 2. The molecule has 1 unspecified atom stereocenters. The number of ether oxygens (including phenoxy) is 2. The van der Waals surface area contributed by atoms with Crippen molar-refractivity contribution in [3.05, 3.63) is 70.6 Å². The first-order chi connectivity index (χ1) is 18.7. The number of benzene rings is 2. The van der Waals surface area contributed by atoms with E-state index in [4.69, 9.17) is 26.8 Å². The Morgan fingerprint density at radius 2 is 1.82 bits per heavy atom. The highest BCUT2D eigenvalue weighted by molar-refractivity contribution is 7.92. The predicted octanol–water partition coefficient (Wildman–Crippen LogP) is 6.98. The number of amides is 1. The van der Waals surface area contributed by atoms with Crippen LogP contribution in [0.15, 0.2) is 47.0 Å². The highest BCUT2D eigenvalue weighted by atomic mass is 35.5. The fourth-order valence-corrected chi connectivity index (χ4v) is 5.27. The second kappa shape index (κ2) is 13.4. The predicted molar refractivity (Wildman–Crippen MR) is 153 cm³/mol. The largest absolute Gasteiger partial charge is 0.493 e. The van der Waals surface area contributed by atoms with Gasteiger partial charge in [-0.25, -0.2) is 27.8 Å². The van der Waals surface area contributed by atoms with Crippen molar-refractivity contribution in [1.82, 2.24) is 9.97 Å². The van der Waals surface area contributed by atoms with Gasteiger partial charge >= 0.3 is 6.09 Å². The van der Waals surface area contributed by atoms with Crippen LogP contribution in [-0.4, -0.2) is 38.7 Å². The Bertz CT molecular complexity index is 1490.